The van der Waals surface area contributed by atoms with Gasteiger partial charge in [-0.15, -0.1) is 11.3 Å². The molecule has 1 aromatic heterocycles. The Balaban J connectivity index is 1.51. The lowest BCUT2D eigenvalue weighted by atomic mass is 9.93. The van der Waals surface area contributed by atoms with Gasteiger partial charge in [0, 0.05) is 18.5 Å². The standard InChI is InChI=1S/C24H22ClNO4S/c1-15-7-8-19(25)21(9-15)30-13-16-10-22(31-14-16)23(27)26-12-18-6-4-3-5-17(18)11-20(26)24(28)29-2/h3-10,14,20H,11-13H2,1-2H3. The smallest absolute Gasteiger partial charge is 0.328 e. The van der Waals surface area contributed by atoms with Gasteiger partial charge in [-0.3, -0.25) is 4.79 Å². The van der Waals surface area contributed by atoms with Crippen LogP contribution in [-0.4, -0.2) is 29.9 Å². The molecule has 5 nitrogen and oxygen atoms in total. The summed E-state index contributed by atoms with van der Waals surface area (Å²) < 4.78 is 10.8. The molecule has 1 atom stereocenters. The quantitative estimate of drug-likeness (QED) is 0.506. The molecule has 1 unspecified atom stereocenters. The minimum Gasteiger partial charge on any atom is -0.487 e. The van der Waals surface area contributed by atoms with E-state index in [0.717, 1.165) is 22.3 Å². The van der Waals surface area contributed by atoms with E-state index >= 15 is 0 Å². The Bertz CT molecular complexity index is 1130. The average Bonchev–Trinajstić information content (AvgIpc) is 3.26. The molecule has 4 rings (SSSR count). The third-order valence-electron chi connectivity index (χ3n) is 5.33. The van der Waals surface area contributed by atoms with E-state index in [1.165, 1.54) is 18.4 Å². The number of benzene rings is 2. The summed E-state index contributed by atoms with van der Waals surface area (Å²) in [5, 5.41) is 2.44. The molecule has 1 aliphatic heterocycles. The van der Waals surface area contributed by atoms with Crippen LogP contribution in [0.4, 0.5) is 0 Å². The van der Waals surface area contributed by atoms with Crippen LogP contribution in [0.1, 0.15) is 31.9 Å². The highest BCUT2D eigenvalue weighted by molar-refractivity contribution is 7.12. The van der Waals surface area contributed by atoms with Crippen molar-refractivity contribution in [2.45, 2.75) is 32.5 Å². The van der Waals surface area contributed by atoms with E-state index in [1.54, 1.807) is 11.0 Å². The van der Waals surface area contributed by atoms with E-state index in [9.17, 15) is 9.59 Å². The molecule has 1 aliphatic rings. The third-order valence-corrected chi connectivity index (χ3v) is 6.61. The molecule has 1 amide bonds. The number of hydrogen-bond acceptors (Lipinski definition) is 5. The number of carbonyl (C=O) groups excluding carboxylic acids is 2. The van der Waals surface area contributed by atoms with Crippen molar-refractivity contribution in [3.8, 4) is 5.75 Å². The van der Waals surface area contributed by atoms with Crippen LogP contribution in [-0.2, 0) is 29.1 Å². The van der Waals surface area contributed by atoms with Gasteiger partial charge in [-0.1, -0.05) is 41.9 Å². The van der Waals surface area contributed by atoms with Crippen molar-refractivity contribution in [2.75, 3.05) is 7.11 Å². The maximum Gasteiger partial charge on any atom is 0.328 e. The van der Waals surface area contributed by atoms with E-state index in [2.05, 4.69) is 0 Å². The summed E-state index contributed by atoms with van der Waals surface area (Å²) in [6, 6.07) is 14.6. The van der Waals surface area contributed by atoms with Crippen LogP contribution in [0, 0.1) is 6.92 Å². The molecular formula is C24H22ClNO4S. The Morgan fingerprint density at radius 2 is 1.94 bits per heavy atom. The Morgan fingerprint density at radius 1 is 1.16 bits per heavy atom. The molecule has 0 bridgehead atoms. The van der Waals surface area contributed by atoms with E-state index in [0.29, 0.717) is 35.2 Å². The molecule has 2 aromatic carbocycles. The van der Waals surface area contributed by atoms with Crippen molar-refractivity contribution in [3.63, 3.8) is 0 Å². The first kappa shape index (κ1) is 21.4. The number of amides is 1. The minimum atomic E-state index is -0.639. The van der Waals surface area contributed by atoms with Gasteiger partial charge in [0.1, 0.15) is 18.4 Å². The maximum absolute atomic E-state index is 13.3. The SMILES string of the molecule is COC(=O)C1Cc2ccccc2CN1C(=O)c1cc(COc2cc(C)ccc2Cl)cs1. The first-order chi connectivity index (χ1) is 15.0. The van der Waals surface area contributed by atoms with Crippen molar-refractivity contribution in [1.82, 2.24) is 4.90 Å². The van der Waals surface area contributed by atoms with Crippen molar-refractivity contribution in [3.05, 3.63) is 86.1 Å². The van der Waals surface area contributed by atoms with E-state index in [4.69, 9.17) is 21.1 Å². The molecule has 0 radical (unpaired) electrons. The lowest BCUT2D eigenvalue weighted by Gasteiger charge is -2.34. The number of carbonyl (C=O) groups is 2. The van der Waals surface area contributed by atoms with Crippen molar-refractivity contribution < 1.29 is 19.1 Å². The summed E-state index contributed by atoms with van der Waals surface area (Å²) in [5.74, 6) is 0.0194. The van der Waals surface area contributed by atoms with Crippen molar-refractivity contribution >= 4 is 34.8 Å². The van der Waals surface area contributed by atoms with Gasteiger partial charge in [0.15, 0.2) is 0 Å². The second kappa shape index (κ2) is 9.12. The van der Waals surface area contributed by atoms with Gasteiger partial charge < -0.3 is 14.4 Å². The summed E-state index contributed by atoms with van der Waals surface area (Å²) in [7, 11) is 1.35. The van der Waals surface area contributed by atoms with E-state index < -0.39 is 12.0 Å². The molecule has 160 valence electrons. The second-order valence-corrected chi connectivity index (χ2v) is 8.81. The van der Waals surface area contributed by atoms with Crippen LogP contribution in [0.2, 0.25) is 5.02 Å². The molecule has 31 heavy (non-hydrogen) atoms. The van der Waals surface area contributed by atoms with Gasteiger partial charge in [-0.2, -0.15) is 0 Å². The van der Waals surface area contributed by atoms with Gasteiger partial charge in [-0.25, -0.2) is 4.79 Å². The molecule has 0 spiro atoms. The van der Waals surface area contributed by atoms with Crippen LogP contribution in [0.15, 0.2) is 53.9 Å². The summed E-state index contributed by atoms with van der Waals surface area (Å²) in [5.41, 5.74) is 4.04. The van der Waals surface area contributed by atoms with Crippen LogP contribution < -0.4 is 4.74 Å². The number of methoxy groups -OCH3 is 1. The topological polar surface area (TPSA) is 55.8 Å². The highest BCUT2D eigenvalue weighted by Crippen LogP contribution is 2.29. The normalized spacial score (nSPS) is 15.3. The van der Waals surface area contributed by atoms with Crippen molar-refractivity contribution in [1.29, 1.82) is 0 Å². The molecule has 7 heteroatoms. The predicted octanol–water partition coefficient (Wildman–Crippen LogP) is 5.03. The molecule has 0 fully saturated rings. The van der Waals surface area contributed by atoms with Gasteiger partial charge in [0.25, 0.3) is 5.91 Å². The fourth-order valence-corrected chi connectivity index (χ4v) is 4.69. The number of aryl methyl sites for hydroxylation is 1. The largest absolute Gasteiger partial charge is 0.487 e. The predicted molar refractivity (Wildman–Crippen MR) is 121 cm³/mol. The molecular weight excluding hydrogens is 434 g/mol. The zero-order chi connectivity index (χ0) is 22.0. The fraction of sp³-hybridized carbons (Fsp3) is 0.250. The molecule has 3 aromatic rings. The Labute approximate surface area is 190 Å². The lowest BCUT2D eigenvalue weighted by Crippen LogP contribution is -2.49. The number of rotatable bonds is 5. The number of halogens is 1. The number of esters is 1. The number of nitrogens with zero attached hydrogens (tertiary/aromatic N) is 1. The molecule has 0 saturated heterocycles. The van der Waals surface area contributed by atoms with E-state index in [1.807, 2.05) is 54.8 Å². The molecule has 0 N–H and O–H groups in total. The van der Waals surface area contributed by atoms with Gasteiger partial charge in [-0.05, 0) is 47.2 Å². The van der Waals surface area contributed by atoms with Crippen LogP contribution >= 0.6 is 22.9 Å². The summed E-state index contributed by atoms with van der Waals surface area (Å²) in [6.07, 6.45) is 0.446. The summed E-state index contributed by atoms with van der Waals surface area (Å²) in [6.45, 7) is 2.65. The zero-order valence-corrected chi connectivity index (χ0v) is 18.8. The average molecular weight is 456 g/mol. The second-order valence-electron chi connectivity index (χ2n) is 7.49. The Kier molecular flexibility index (Phi) is 6.30. The Morgan fingerprint density at radius 3 is 2.71 bits per heavy atom. The molecule has 0 saturated carbocycles. The Hall–Kier alpha value is -2.83. The van der Waals surface area contributed by atoms with E-state index in [-0.39, 0.29) is 5.91 Å². The van der Waals surface area contributed by atoms with Crippen molar-refractivity contribution in [2.24, 2.45) is 0 Å². The number of fused-ring (bicyclic) bond motifs is 1. The first-order valence-corrected chi connectivity index (χ1v) is 11.1. The van der Waals surface area contributed by atoms with Crippen LogP contribution in [0.25, 0.3) is 0 Å². The summed E-state index contributed by atoms with van der Waals surface area (Å²) >= 11 is 7.53. The third kappa shape index (κ3) is 4.60. The van der Waals surface area contributed by atoms with Gasteiger partial charge >= 0.3 is 5.97 Å². The fourth-order valence-electron chi connectivity index (χ4n) is 3.67. The van der Waals surface area contributed by atoms with Gasteiger partial charge in [0.05, 0.1) is 17.0 Å². The first-order valence-electron chi connectivity index (χ1n) is 9.88. The minimum absolute atomic E-state index is 0.185. The number of ether oxygens (including phenoxy) is 2. The highest BCUT2D eigenvalue weighted by atomic mass is 35.5. The number of thiophene rings is 1. The van der Waals surface area contributed by atoms with Gasteiger partial charge in [0.2, 0.25) is 0 Å². The monoisotopic (exact) mass is 455 g/mol. The molecule has 0 aliphatic carbocycles. The maximum atomic E-state index is 13.3. The lowest BCUT2D eigenvalue weighted by molar-refractivity contribution is -0.146. The summed E-state index contributed by atoms with van der Waals surface area (Å²) in [4.78, 5) is 27.9. The zero-order valence-electron chi connectivity index (χ0n) is 17.3. The number of hydrogen-bond donors (Lipinski definition) is 0. The van der Waals surface area contributed by atoms with Crippen LogP contribution in [0.5, 0.6) is 5.75 Å². The van der Waals surface area contributed by atoms with Crippen LogP contribution in [0.3, 0.4) is 0 Å². The highest BCUT2D eigenvalue weighted by Gasteiger charge is 2.36. The molecule has 2 heterocycles.